The second-order valence-electron chi connectivity index (χ2n) is 5.84. The molecule has 1 heteroatoms. The standard InChI is InChI=1S/C18H26Si/c1-4-6-11-16-12-10-15-18(16)19(3,5-2)17-13-8-7-9-14-17/h7-10,12-15,18H,4-6,11H2,1-3H3. The third kappa shape index (κ3) is 2.92. The number of allylic oxidation sites excluding steroid dienone is 4. The monoisotopic (exact) mass is 270 g/mol. The SMILES string of the molecule is CCCCC1=CC=CC1[Si](C)(CC)c1ccccc1. The molecule has 0 bridgehead atoms. The van der Waals surface area contributed by atoms with Crippen molar-refractivity contribution in [1.82, 2.24) is 0 Å². The molecule has 1 aromatic rings. The van der Waals surface area contributed by atoms with Gasteiger partial charge in [0.2, 0.25) is 0 Å². The van der Waals surface area contributed by atoms with Gasteiger partial charge in [-0.15, -0.1) is 0 Å². The third-order valence-electron chi connectivity index (χ3n) is 4.69. The molecule has 1 aliphatic rings. The van der Waals surface area contributed by atoms with Crippen LogP contribution in [0, 0.1) is 0 Å². The first-order valence-corrected chi connectivity index (χ1v) is 10.4. The molecule has 0 spiro atoms. The quantitative estimate of drug-likeness (QED) is 0.635. The predicted molar refractivity (Wildman–Crippen MR) is 88.7 cm³/mol. The maximum Gasteiger partial charge on any atom is 0.0942 e. The molecular formula is C18H26Si. The number of rotatable bonds is 6. The molecule has 2 unspecified atom stereocenters. The lowest BCUT2D eigenvalue weighted by atomic mass is 10.1. The molecule has 1 aromatic carbocycles. The second-order valence-corrected chi connectivity index (χ2v) is 10.6. The van der Waals surface area contributed by atoms with Crippen molar-refractivity contribution in [2.24, 2.45) is 0 Å². The van der Waals surface area contributed by atoms with Crippen LogP contribution >= 0.6 is 0 Å². The Bertz CT molecular complexity index is 458. The predicted octanol–water partition coefficient (Wildman–Crippen LogP) is 5.05. The fourth-order valence-corrected chi connectivity index (χ4v) is 6.94. The van der Waals surface area contributed by atoms with E-state index in [4.69, 9.17) is 0 Å². The Labute approximate surface area is 119 Å². The first kappa shape index (κ1) is 14.3. The van der Waals surface area contributed by atoms with Crippen LogP contribution in [0.5, 0.6) is 0 Å². The Morgan fingerprint density at radius 1 is 1.11 bits per heavy atom. The maximum atomic E-state index is 2.56. The average molecular weight is 270 g/mol. The lowest BCUT2D eigenvalue weighted by Gasteiger charge is -2.34. The van der Waals surface area contributed by atoms with Crippen molar-refractivity contribution in [1.29, 1.82) is 0 Å². The van der Waals surface area contributed by atoms with Gasteiger partial charge in [-0.3, -0.25) is 0 Å². The van der Waals surface area contributed by atoms with E-state index in [2.05, 4.69) is 69.0 Å². The van der Waals surface area contributed by atoms with Crippen LogP contribution in [0.15, 0.2) is 54.1 Å². The summed E-state index contributed by atoms with van der Waals surface area (Å²) in [6, 6.07) is 12.5. The lowest BCUT2D eigenvalue weighted by molar-refractivity contribution is 0.774. The van der Waals surface area contributed by atoms with Gasteiger partial charge < -0.3 is 0 Å². The van der Waals surface area contributed by atoms with E-state index < -0.39 is 8.07 Å². The van der Waals surface area contributed by atoms with Crippen molar-refractivity contribution in [3.8, 4) is 0 Å². The number of hydrogen-bond acceptors (Lipinski definition) is 0. The van der Waals surface area contributed by atoms with Gasteiger partial charge in [0.1, 0.15) is 0 Å². The van der Waals surface area contributed by atoms with E-state index in [9.17, 15) is 0 Å². The van der Waals surface area contributed by atoms with Gasteiger partial charge in [-0.25, -0.2) is 0 Å². The van der Waals surface area contributed by atoms with Crippen molar-refractivity contribution >= 4 is 13.3 Å². The Morgan fingerprint density at radius 2 is 1.84 bits per heavy atom. The van der Waals surface area contributed by atoms with Crippen LogP contribution in [-0.4, -0.2) is 8.07 Å². The lowest BCUT2D eigenvalue weighted by Crippen LogP contribution is -2.48. The fourth-order valence-electron chi connectivity index (χ4n) is 3.18. The largest absolute Gasteiger partial charge is 0.0942 e. The molecule has 0 heterocycles. The zero-order chi connectivity index (χ0) is 13.7. The van der Waals surface area contributed by atoms with Gasteiger partial charge in [0.25, 0.3) is 0 Å². The van der Waals surface area contributed by atoms with Crippen LogP contribution in [0.1, 0.15) is 33.1 Å². The third-order valence-corrected chi connectivity index (χ3v) is 9.74. The van der Waals surface area contributed by atoms with Crippen LogP contribution < -0.4 is 5.19 Å². The molecule has 1 aliphatic carbocycles. The van der Waals surface area contributed by atoms with Gasteiger partial charge in [0, 0.05) is 0 Å². The van der Waals surface area contributed by atoms with E-state index in [1.54, 1.807) is 10.8 Å². The Kier molecular flexibility index (Phi) is 4.81. The summed E-state index contributed by atoms with van der Waals surface area (Å²) < 4.78 is 0. The van der Waals surface area contributed by atoms with Crippen LogP contribution in [-0.2, 0) is 0 Å². The summed E-state index contributed by atoms with van der Waals surface area (Å²) in [7, 11) is -1.43. The van der Waals surface area contributed by atoms with E-state index in [0.29, 0.717) is 5.54 Å². The Balaban J connectivity index is 2.26. The van der Waals surface area contributed by atoms with E-state index >= 15 is 0 Å². The van der Waals surface area contributed by atoms with E-state index in [1.807, 2.05) is 0 Å². The summed E-state index contributed by atoms with van der Waals surface area (Å²) in [6.07, 6.45) is 11.0. The van der Waals surface area contributed by atoms with Crippen LogP contribution in [0.25, 0.3) is 0 Å². The van der Waals surface area contributed by atoms with E-state index in [1.165, 1.54) is 25.3 Å². The molecule has 2 atom stereocenters. The van der Waals surface area contributed by atoms with E-state index in [0.717, 1.165) is 0 Å². The summed E-state index contributed by atoms with van der Waals surface area (Å²) in [6.45, 7) is 7.22. The summed E-state index contributed by atoms with van der Waals surface area (Å²) in [4.78, 5) is 0. The minimum Gasteiger partial charge on any atom is -0.0797 e. The minimum absolute atomic E-state index is 0.714. The molecule has 0 radical (unpaired) electrons. The van der Waals surface area contributed by atoms with Gasteiger partial charge in [-0.2, -0.15) is 0 Å². The fraction of sp³-hybridized carbons (Fsp3) is 0.444. The maximum absolute atomic E-state index is 2.56. The molecule has 0 amide bonds. The molecule has 0 aromatic heterocycles. The number of unbranched alkanes of at least 4 members (excludes halogenated alkanes) is 1. The molecule has 0 saturated heterocycles. The Morgan fingerprint density at radius 3 is 2.47 bits per heavy atom. The second kappa shape index (κ2) is 6.38. The highest BCUT2D eigenvalue weighted by Crippen LogP contribution is 2.39. The van der Waals surface area contributed by atoms with Gasteiger partial charge >= 0.3 is 0 Å². The minimum atomic E-state index is -1.43. The molecule has 0 N–H and O–H groups in total. The van der Waals surface area contributed by atoms with Crippen molar-refractivity contribution in [2.75, 3.05) is 0 Å². The van der Waals surface area contributed by atoms with E-state index in [-0.39, 0.29) is 0 Å². The molecular weight excluding hydrogens is 244 g/mol. The van der Waals surface area contributed by atoms with Crippen molar-refractivity contribution in [3.05, 3.63) is 54.1 Å². The topological polar surface area (TPSA) is 0 Å². The first-order chi connectivity index (χ1) is 9.22. The summed E-state index contributed by atoms with van der Waals surface area (Å²) in [5, 5.41) is 1.61. The normalized spacial score (nSPS) is 21.2. The summed E-state index contributed by atoms with van der Waals surface area (Å²) in [5.74, 6) is 0. The van der Waals surface area contributed by atoms with Gasteiger partial charge in [0.05, 0.1) is 8.07 Å². The summed E-state index contributed by atoms with van der Waals surface area (Å²) >= 11 is 0. The highest BCUT2D eigenvalue weighted by molar-refractivity contribution is 6.92. The van der Waals surface area contributed by atoms with Gasteiger partial charge in [-0.1, -0.05) is 92.2 Å². The van der Waals surface area contributed by atoms with Gasteiger partial charge in [0.15, 0.2) is 0 Å². The van der Waals surface area contributed by atoms with Crippen LogP contribution in [0.3, 0.4) is 0 Å². The zero-order valence-electron chi connectivity index (χ0n) is 12.5. The van der Waals surface area contributed by atoms with Crippen molar-refractivity contribution < 1.29 is 0 Å². The average Bonchev–Trinajstić information content (AvgIpc) is 2.94. The van der Waals surface area contributed by atoms with Crippen LogP contribution in [0.4, 0.5) is 0 Å². The number of benzene rings is 1. The number of hydrogen-bond donors (Lipinski definition) is 0. The molecule has 0 aliphatic heterocycles. The van der Waals surface area contributed by atoms with Crippen molar-refractivity contribution in [3.63, 3.8) is 0 Å². The molecule has 102 valence electrons. The summed E-state index contributed by atoms with van der Waals surface area (Å²) in [5.41, 5.74) is 2.40. The first-order valence-electron chi connectivity index (χ1n) is 7.65. The molecule has 0 nitrogen and oxygen atoms in total. The Hall–Kier alpha value is -1.08. The zero-order valence-corrected chi connectivity index (χ0v) is 13.5. The molecule has 0 fully saturated rings. The highest BCUT2D eigenvalue weighted by atomic mass is 28.3. The van der Waals surface area contributed by atoms with Crippen LogP contribution in [0.2, 0.25) is 18.1 Å². The smallest absolute Gasteiger partial charge is 0.0797 e. The molecule has 2 rings (SSSR count). The molecule has 0 saturated carbocycles. The van der Waals surface area contributed by atoms with Crippen molar-refractivity contribution in [2.45, 2.75) is 51.2 Å². The molecule has 19 heavy (non-hydrogen) atoms. The van der Waals surface area contributed by atoms with Gasteiger partial charge in [-0.05, 0) is 18.4 Å². The highest BCUT2D eigenvalue weighted by Gasteiger charge is 2.37.